The Morgan fingerprint density at radius 1 is 1.07 bits per heavy atom. The molecule has 1 aromatic carbocycles. The second-order valence-corrected chi connectivity index (χ2v) is 8.41. The lowest BCUT2D eigenvalue weighted by Crippen LogP contribution is -2.27. The average Bonchev–Trinajstić information content (AvgIpc) is 3.19. The molecular formula is C26H36N2O. The van der Waals surface area contributed by atoms with Gasteiger partial charge in [-0.25, -0.2) is 5.01 Å². The Balaban J connectivity index is 1.71. The first-order valence-electron chi connectivity index (χ1n) is 11.6. The highest BCUT2D eigenvalue weighted by Crippen LogP contribution is 2.30. The zero-order valence-electron chi connectivity index (χ0n) is 18.1. The molecule has 0 N–H and O–H groups in total. The van der Waals surface area contributed by atoms with Crippen molar-refractivity contribution in [2.45, 2.75) is 77.6 Å². The summed E-state index contributed by atoms with van der Waals surface area (Å²) in [6.07, 6.45) is 16.9. The Labute approximate surface area is 176 Å². The van der Waals surface area contributed by atoms with Gasteiger partial charge >= 0.3 is 0 Å². The van der Waals surface area contributed by atoms with Gasteiger partial charge in [0, 0.05) is 17.2 Å². The monoisotopic (exact) mass is 392 g/mol. The summed E-state index contributed by atoms with van der Waals surface area (Å²) in [5.41, 5.74) is 3.25. The molecule has 3 nitrogen and oxygen atoms in total. The summed E-state index contributed by atoms with van der Waals surface area (Å²) < 4.78 is 0. The van der Waals surface area contributed by atoms with Crippen molar-refractivity contribution < 1.29 is 4.79 Å². The van der Waals surface area contributed by atoms with Crippen LogP contribution in [0.25, 0.3) is 0 Å². The molecule has 1 unspecified atom stereocenters. The normalized spacial score (nSPS) is 21.2. The topological polar surface area (TPSA) is 32.7 Å². The van der Waals surface area contributed by atoms with Gasteiger partial charge in [0.05, 0.1) is 6.54 Å². The minimum absolute atomic E-state index is 0.0628. The summed E-state index contributed by atoms with van der Waals surface area (Å²) in [7, 11) is 0. The molecule has 29 heavy (non-hydrogen) atoms. The van der Waals surface area contributed by atoms with Crippen LogP contribution in [0.5, 0.6) is 0 Å². The van der Waals surface area contributed by atoms with Gasteiger partial charge < -0.3 is 0 Å². The molecule has 0 bridgehead atoms. The number of carbonyl (C=O) groups is 1. The number of nitrogens with zero attached hydrogens (tertiary/aromatic N) is 2. The molecule has 2 atom stereocenters. The van der Waals surface area contributed by atoms with Gasteiger partial charge in [0.25, 0.3) is 5.91 Å². The van der Waals surface area contributed by atoms with E-state index in [9.17, 15) is 4.79 Å². The number of unbranched alkanes of at least 4 members (excludes halogenated alkanes) is 4. The Morgan fingerprint density at radius 2 is 1.83 bits per heavy atom. The van der Waals surface area contributed by atoms with Crippen LogP contribution in [0.4, 0.5) is 0 Å². The number of hydrogen-bond acceptors (Lipinski definition) is 2. The molecule has 156 valence electrons. The van der Waals surface area contributed by atoms with E-state index < -0.39 is 0 Å². The highest BCUT2D eigenvalue weighted by atomic mass is 16.2. The standard InChI is InChI=1S/C26H36N2O/c1-3-5-8-13-21-14-12-17-23(19-21)26(29)28-20-24(22-15-10-7-11-16-22)25(27-28)18-9-6-4-2/h7,10-12,15-17,19,21,24H,3-6,8-9,13-14,18,20H2,1-2H3/t21-,24?/m1/s1. The fourth-order valence-corrected chi connectivity index (χ4v) is 4.33. The van der Waals surface area contributed by atoms with E-state index in [0.29, 0.717) is 12.5 Å². The van der Waals surface area contributed by atoms with Crippen molar-refractivity contribution in [3.8, 4) is 0 Å². The highest BCUT2D eigenvalue weighted by Gasteiger charge is 2.32. The first kappa shape index (κ1) is 21.5. The number of carbonyl (C=O) groups excluding carboxylic acids is 1. The third-order valence-corrected chi connectivity index (χ3v) is 6.06. The fourth-order valence-electron chi connectivity index (χ4n) is 4.33. The van der Waals surface area contributed by atoms with Crippen LogP contribution >= 0.6 is 0 Å². The number of amides is 1. The van der Waals surface area contributed by atoms with Crippen molar-refractivity contribution in [2.75, 3.05) is 6.54 Å². The summed E-state index contributed by atoms with van der Waals surface area (Å²) >= 11 is 0. The molecule has 2 aliphatic rings. The molecule has 1 amide bonds. The lowest BCUT2D eigenvalue weighted by molar-refractivity contribution is -0.126. The van der Waals surface area contributed by atoms with Crippen LogP contribution < -0.4 is 0 Å². The SMILES string of the molecule is CCCCCC1=NN(C(=O)C2=C[C@H](CCCCC)CC=C2)CC1c1ccccc1. The van der Waals surface area contributed by atoms with Gasteiger partial charge in [-0.1, -0.05) is 94.5 Å². The van der Waals surface area contributed by atoms with E-state index in [-0.39, 0.29) is 11.8 Å². The number of rotatable bonds is 10. The smallest absolute Gasteiger partial charge is 0.267 e. The molecule has 0 aromatic heterocycles. The van der Waals surface area contributed by atoms with Gasteiger partial charge in [-0.05, 0) is 37.2 Å². The predicted octanol–water partition coefficient (Wildman–Crippen LogP) is 6.63. The molecule has 3 heteroatoms. The third-order valence-electron chi connectivity index (χ3n) is 6.06. The van der Waals surface area contributed by atoms with E-state index in [1.54, 1.807) is 5.01 Å². The summed E-state index contributed by atoms with van der Waals surface area (Å²) in [4.78, 5) is 13.2. The number of hydrazone groups is 1. The lowest BCUT2D eigenvalue weighted by Gasteiger charge is -2.19. The van der Waals surface area contributed by atoms with E-state index in [0.717, 1.165) is 30.5 Å². The zero-order chi connectivity index (χ0) is 20.5. The summed E-state index contributed by atoms with van der Waals surface area (Å²) in [6.45, 7) is 5.12. The number of hydrogen-bond donors (Lipinski definition) is 0. The molecule has 1 aliphatic heterocycles. The number of benzene rings is 1. The maximum absolute atomic E-state index is 13.2. The molecular weight excluding hydrogens is 356 g/mol. The zero-order valence-corrected chi connectivity index (χ0v) is 18.1. The first-order valence-corrected chi connectivity index (χ1v) is 11.6. The van der Waals surface area contributed by atoms with Crippen molar-refractivity contribution in [2.24, 2.45) is 11.0 Å². The van der Waals surface area contributed by atoms with Crippen LogP contribution in [0.2, 0.25) is 0 Å². The van der Waals surface area contributed by atoms with Crippen LogP contribution in [0, 0.1) is 5.92 Å². The van der Waals surface area contributed by atoms with Gasteiger partial charge in [0.2, 0.25) is 0 Å². The summed E-state index contributed by atoms with van der Waals surface area (Å²) in [5.74, 6) is 0.782. The molecule has 1 aromatic rings. The maximum Gasteiger partial charge on any atom is 0.273 e. The lowest BCUT2D eigenvalue weighted by atomic mass is 9.90. The molecule has 3 rings (SSSR count). The largest absolute Gasteiger partial charge is 0.273 e. The molecule has 0 saturated heterocycles. The van der Waals surface area contributed by atoms with Gasteiger partial charge in [-0.3, -0.25) is 4.79 Å². The Hall–Kier alpha value is -2.16. The molecule has 0 spiro atoms. The van der Waals surface area contributed by atoms with Gasteiger partial charge in [-0.15, -0.1) is 0 Å². The van der Waals surface area contributed by atoms with Crippen LogP contribution in [0.15, 0.2) is 59.2 Å². The Kier molecular flexibility index (Phi) is 8.27. The Bertz CT molecular complexity index is 747. The van der Waals surface area contributed by atoms with E-state index in [2.05, 4.69) is 50.3 Å². The molecule has 1 heterocycles. The quantitative estimate of drug-likeness (QED) is 0.411. The van der Waals surface area contributed by atoms with E-state index in [1.807, 2.05) is 12.1 Å². The second kappa shape index (κ2) is 11.1. The van der Waals surface area contributed by atoms with E-state index in [1.165, 1.54) is 44.1 Å². The van der Waals surface area contributed by atoms with Crippen LogP contribution in [-0.2, 0) is 4.79 Å². The van der Waals surface area contributed by atoms with Gasteiger partial charge in [-0.2, -0.15) is 5.10 Å². The summed E-state index contributed by atoms with van der Waals surface area (Å²) in [5, 5.41) is 6.54. The molecule has 1 aliphatic carbocycles. The van der Waals surface area contributed by atoms with Crippen molar-refractivity contribution in [1.82, 2.24) is 5.01 Å². The maximum atomic E-state index is 13.2. The van der Waals surface area contributed by atoms with Crippen molar-refractivity contribution in [3.63, 3.8) is 0 Å². The van der Waals surface area contributed by atoms with Crippen LogP contribution in [-0.4, -0.2) is 23.2 Å². The fraction of sp³-hybridized carbons (Fsp3) is 0.538. The molecule has 0 saturated carbocycles. The second-order valence-electron chi connectivity index (χ2n) is 8.41. The summed E-state index contributed by atoms with van der Waals surface area (Å²) in [6, 6.07) is 10.5. The van der Waals surface area contributed by atoms with Gasteiger partial charge in [0.15, 0.2) is 0 Å². The molecule has 0 radical (unpaired) electrons. The van der Waals surface area contributed by atoms with Crippen molar-refractivity contribution in [1.29, 1.82) is 0 Å². The van der Waals surface area contributed by atoms with Gasteiger partial charge in [0.1, 0.15) is 0 Å². The first-order chi connectivity index (χ1) is 14.2. The van der Waals surface area contributed by atoms with E-state index >= 15 is 0 Å². The highest BCUT2D eigenvalue weighted by molar-refractivity contribution is 6.00. The minimum Gasteiger partial charge on any atom is -0.267 e. The van der Waals surface area contributed by atoms with E-state index in [4.69, 9.17) is 5.10 Å². The van der Waals surface area contributed by atoms with Crippen molar-refractivity contribution >= 4 is 11.6 Å². The average molecular weight is 393 g/mol. The van der Waals surface area contributed by atoms with Crippen molar-refractivity contribution in [3.05, 3.63) is 59.7 Å². The molecule has 0 fully saturated rings. The third kappa shape index (κ3) is 5.91. The van der Waals surface area contributed by atoms with Crippen LogP contribution in [0.3, 0.4) is 0 Å². The minimum atomic E-state index is 0.0628. The Morgan fingerprint density at radius 3 is 2.59 bits per heavy atom. The number of allylic oxidation sites excluding steroid dienone is 2. The predicted molar refractivity (Wildman–Crippen MR) is 122 cm³/mol. The van der Waals surface area contributed by atoms with Crippen LogP contribution in [0.1, 0.15) is 83.1 Å².